The summed E-state index contributed by atoms with van der Waals surface area (Å²) in [6, 6.07) is 0. The lowest BCUT2D eigenvalue weighted by atomic mass is 9.74. The van der Waals surface area contributed by atoms with Crippen LogP contribution in [0.2, 0.25) is 0 Å². The van der Waals surface area contributed by atoms with Crippen molar-refractivity contribution < 1.29 is 14.6 Å². The van der Waals surface area contributed by atoms with Gasteiger partial charge in [0.25, 0.3) is 0 Å². The minimum Gasteiger partial charge on any atom is -0.392 e. The van der Waals surface area contributed by atoms with Gasteiger partial charge in [-0.05, 0) is 39.5 Å². The molecule has 0 bridgehead atoms. The summed E-state index contributed by atoms with van der Waals surface area (Å²) in [5.74, 6) is 0.495. The predicted molar refractivity (Wildman–Crippen MR) is 73.9 cm³/mol. The van der Waals surface area contributed by atoms with E-state index < -0.39 is 0 Å². The Balaban J connectivity index is 1.63. The number of aliphatic hydroxyl groups excluding tert-OH is 1. The molecule has 3 heteroatoms. The van der Waals surface area contributed by atoms with Gasteiger partial charge in [0.2, 0.25) is 0 Å². The highest BCUT2D eigenvalue weighted by molar-refractivity contribution is 5.19. The number of hydrogen-bond donors (Lipinski definition) is 1. The quantitative estimate of drug-likeness (QED) is 0.627. The maximum Gasteiger partial charge on any atom is 0.0976 e. The molecule has 3 rings (SSSR count). The van der Waals surface area contributed by atoms with E-state index in [1.165, 1.54) is 11.1 Å². The van der Waals surface area contributed by atoms with Gasteiger partial charge in [0.15, 0.2) is 0 Å². The number of aliphatic hydroxyl groups is 1. The third-order valence-electron chi connectivity index (χ3n) is 4.70. The molecule has 0 radical (unpaired) electrons. The number of rotatable bonds is 4. The third kappa shape index (κ3) is 2.78. The number of hydrogen-bond acceptors (Lipinski definition) is 3. The van der Waals surface area contributed by atoms with Crippen LogP contribution in [0, 0.1) is 5.92 Å². The number of ether oxygens (including phenoxy) is 2. The molecule has 0 aromatic carbocycles. The first kappa shape index (κ1) is 13.3. The molecule has 19 heavy (non-hydrogen) atoms. The topological polar surface area (TPSA) is 45.3 Å². The summed E-state index contributed by atoms with van der Waals surface area (Å²) in [7, 11) is 0. The van der Waals surface area contributed by atoms with Crippen LogP contribution in [0.3, 0.4) is 0 Å². The summed E-state index contributed by atoms with van der Waals surface area (Å²) in [5.41, 5.74) is 2.85. The van der Waals surface area contributed by atoms with Crippen molar-refractivity contribution in [3.05, 3.63) is 23.3 Å². The van der Waals surface area contributed by atoms with E-state index in [4.69, 9.17) is 14.6 Å². The molecule has 1 aliphatic carbocycles. The second-order valence-electron chi connectivity index (χ2n) is 6.37. The van der Waals surface area contributed by atoms with E-state index in [-0.39, 0.29) is 12.2 Å². The minimum atomic E-state index is 0.108. The van der Waals surface area contributed by atoms with Crippen LogP contribution < -0.4 is 0 Å². The van der Waals surface area contributed by atoms with E-state index >= 15 is 0 Å². The van der Waals surface area contributed by atoms with Crippen molar-refractivity contribution in [2.24, 2.45) is 5.92 Å². The molecule has 3 fully saturated rings. The average molecular weight is 264 g/mol. The van der Waals surface area contributed by atoms with Gasteiger partial charge in [-0.25, -0.2) is 0 Å². The van der Waals surface area contributed by atoms with E-state index in [2.05, 4.69) is 19.9 Å². The smallest absolute Gasteiger partial charge is 0.0976 e. The molecular formula is C16H24O3. The van der Waals surface area contributed by atoms with Crippen LogP contribution in [0.25, 0.3) is 0 Å². The summed E-state index contributed by atoms with van der Waals surface area (Å²) in [6.45, 7) is 5.32. The van der Waals surface area contributed by atoms with E-state index in [1.54, 1.807) is 0 Å². The van der Waals surface area contributed by atoms with Gasteiger partial charge in [0, 0.05) is 5.92 Å². The van der Waals surface area contributed by atoms with Gasteiger partial charge in [-0.1, -0.05) is 23.3 Å². The molecule has 106 valence electrons. The molecule has 2 aliphatic heterocycles. The summed E-state index contributed by atoms with van der Waals surface area (Å²) in [4.78, 5) is 0. The normalized spacial score (nSPS) is 42.5. The van der Waals surface area contributed by atoms with Crippen LogP contribution in [0.4, 0.5) is 0 Å². The van der Waals surface area contributed by atoms with Crippen molar-refractivity contribution in [3.8, 4) is 0 Å². The molecule has 0 aromatic rings. The zero-order chi connectivity index (χ0) is 13.5. The maximum absolute atomic E-state index is 9.06. The van der Waals surface area contributed by atoms with Gasteiger partial charge in [0.05, 0.1) is 31.0 Å². The second kappa shape index (κ2) is 5.04. The second-order valence-corrected chi connectivity index (χ2v) is 6.37. The fourth-order valence-electron chi connectivity index (χ4n) is 3.36. The zero-order valence-electron chi connectivity index (χ0n) is 11.9. The molecule has 1 N–H and O–H groups in total. The highest BCUT2D eigenvalue weighted by Crippen LogP contribution is 2.54. The first-order valence-corrected chi connectivity index (χ1v) is 7.36. The molecule has 4 atom stereocenters. The van der Waals surface area contributed by atoms with E-state index in [1.807, 2.05) is 6.08 Å². The highest BCUT2D eigenvalue weighted by atomic mass is 16.6. The van der Waals surface area contributed by atoms with Gasteiger partial charge in [0.1, 0.15) is 0 Å². The summed E-state index contributed by atoms with van der Waals surface area (Å²) >= 11 is 0. The Labute approximate surface area is 115 Å². The molecule has 0 amide bonds. The number of epoxide rings is 2. The first-order valence-electron chi connectivity index (χ1n) is 7.36. The minimum absolute atomic E-state index is 0.108. The Morgan fingerprint density at radius 3 is 2.89 bits per heavy atom. The molecule has 2 saturated heterocycles. The summed E-state index contributed by atoms with van der Waals surface area (Å²) in [6.07, 6.45) is 9.21. The van der Waals surface area contributed by atoms with Crippen molar-refractivity contribution >= 4 is 0 Å². The van der Waals surface area contributed by atoms with Crippen molar-refractivity contribution in [3.63, 3.8) is 0 Å². The van der Waals surface area contributed by atoms with Gasteiger partial charge >= 0.3 is 0 Å². The molecule has 1 spiro atoms. The fourth-order valence-corrected chi connectivity index (χ4v) is 3.36. The SMILES string of the molecule is CC(C)=CCC1OC1C1C/C(=C\CO)CCC12CO2. The van der Waals surface area contributed by atoms with Gasteiger partial charge < -0.3 is 14.6 Å². The summed E-state index contributed by atoms with van der Waals surface area (Å²) in [5, 5.41) is 9.06. The Kier molecular flexibility index (Phi) is 3.54. The van der Waals surface area contributed by atoms with Crippen molar-refractivity contribution in [2.45, 2.75) is 57.3 Å². The van der Waals surface area contributed by atoms with Gasteiger partial charge in [-0.15, -0.1) is 0 Å². The molecule has 2 heterocycles. The molecule has 3 nitrogen and oxygen atoms in total. The van der Waals surface area contributed by atoms with Gasteiger partial charge in [-0.3, -0.25) is 0 Å². The predicted octanol–water partition coefficient (Wildman–Crippen LogP) is 2.60. The van der Waals surface area contributed by atoms with Crippen LogP contribution in [-0.2, 0) is 9.47 Å². The zero-order valence-corrected chi connectivity index (χ0v) is 11.9. The Morgan fingerprint density at radius 2 is 2.26 bits per heavy atom. The lowest BCUT2D eigenvalue weighted by Gasteiger charge is -2.29. The van der Waals surface area contributed by atoms with Crippen LogP contribution >= 0.6 is 0 Å². The van der Waals surface area contributed by atoms with Crippen LogP contribution in [0.1, 0.15) is 39.5 Å². The van der Waals surface area contributed by atoms with E-state index in [0.717, 1.165) is 32.3 Å². The summed E-state index contributed by atoms with van der Waals surface area (Å²) < 4.78 is 11.7. The molecule has 0 aromatic heterocycles. The largest absolute Gasteiger partial charge is 0.392 e. The van der Waals surface area contributed by atoms with Crippen LogP contribution in [0.15, 0.2) is 23.3 Å². The molecule has 3 aliphatic rings. The number of allylic oxidation sites excluding steroid dienone is 2. The lowest BCUT2D eigenvalue weighted by molar-refractivity contribution is 0.149. The van der Waals surface area contributed by atoms with Crippen LogP contribution in [-0.4, -0.2) is 36.1 Å². The van der Waals surface area contributed by atoms with E-state index in [0.29, 0.717) is 18.1 Å². The average Bonchev–Trinajstić information content (AvgIpc) is 3.27. The molecule has 1 saturated carbocycles. The molecule has 4 unspecified atom stereocenters. The molecular weight excluding hydrogens is 240 g/mol. The van der Waals surface area contributed by atoms with Crippen LogP contribution in [0.5, 0.6) is 0 Å². The Bertz CT molecular complexity index is 402. The Morgan fingerprint density at radius 1 is 1.47 bits per heavy atom. The maximum atomic E-state index is 9.06. The van der Waals surface area contributed by atoms with Crippen molar-refractivity contribution in [1.29, 1.82) is 0 Å². The monoisotopic (exact) mass is 264 g/mol. The van der Waals surface area contributed by atoms with Crippen molar-refractivity contribution in [1.82, 2.24) is 0 Å². The lowest BCUT2D eigenvalue weighted by Crippen LogP contribution is -2.34. The Hall–Kier alpha value is -0.640. The highest BCUT2D eigenvalue weighted by Gasteiger charge is 2.61. The van der Waals surface area contributed by atoms with Crippen molar-refractivity contribution in [2.75, 3.05) is 13.2 Å². The van der Waals surface area contributed by atoms with Gasteiger partial charge in [-0.2, -0.15) is 0 Å². The third-order valence-corrected chi connectivity index (χ3v) is 4.70. The fraction of sp³-hybridized carbons (Fsp3) is 0.750. The van der Waals surface area contributed by atoms with E-state index in [9.17, 15) is 0 Å². The standard InChI is InChI=1S/C16H24O3/c1-11(2)3-4-14-15(19-14)13-9-12(6-8-17)5-7-16(13)10-18-16/h3,6,13-15,17H,4-5,7-10H2,1-2H3/b12-6-. The first-order chi connectivity index (χ1) is 9.14.